The van der Waals surface area contributed by atoms with Crippen LogP contribution in [0.1, 0.15) is 24.1 Å². The Morgan fingerprint density at radius 2 is 2.31 bits per heavy atom. The van der Waals surface area contributed by atoms with Crippen LogP contribution >= 0.6 is 0 Å². The monoisotopic (exact) mass is 181 g/mol. The zero-order valence-electron chi connectivity index (χ0n) is 7.46. The third-order valence-electron chi connectivity index (χ3n) is 2.48. The highest BCUT2D eigenvalue weighted by Crippen LogP contribution is 2.29. The molecule has 2 atom stereocenters. The highest BCUT2D eigenvalue weighted by molar-refractivity contribution is 5.33. The van der Waals surface area contributed by atoms with E-state index in [2.05, 4.69) is 0 Å². The summed E-state index contributed by atoms with van der Waals surface area (Å²) in [5, 5.41) is 0. The molecule has 1 aromatic carbocycles. The molecule has 0 amide bonds. The molecule has 0 radical (unpaired) electrons. The Labute approximate surface area is 76.5 Å². The van der Waals surface area contributed by atoms with Gasteiger partial charge in [-0.25, -0.2) is 4.39 Å². The van der Waals surface area contributed by atoms with Gasteiger partial charge in [-0.15, -0.1) is 0 Å². The summed E-state index contributed by atoms with van der Waals surface area (Å²) in [7, 11) is 0. The first-order valence-corrected chi connectivity index (χ1v) is 4.34. The Hall–Kier alpha value is -0.930. The van der Waals surface area contributed by atoms with Gasteiger partial charge in [0, 0.05) is 5.56 Å². The van der Waals surface area contributed by atoms with Gasteiger partial charge in [-0.1, -0.05) is 12.1 Å². The van der Waals surface area contributed by atoms with E-state index in [1.54, 1.807) is 6.07 Å². The van der Waals surface area contributed by atoms with E-state index in [9.17, 15) is 4.39 Å². The van der Waals surface area contributed by atoms with Crippen molar-refractivity contribution in [1.29, 1.82) is 0 Å². The van der Waals surface area contributed by atoms with Gasteiger partial charge in [-0.3, -0.25) is 0 Å². The molecular formula is C10H12FNO. The molecule has 0 unspecified atom stereocenters. The Bertz CT molecular complexity index is 327. The molecule has 0 spiro atoms. The lowest BCUT2D eigenvalue weighted by atomic mass is 9.95. The second-order valence-electron chi connectivity index (χ2n) is 3.35. The van der Waals surface area contributed by atoms with Gasteiger partial charge >= 0.3 is 0 Å². The quantitative estimate of drug-likeness (QED) is 0.661. The molecule has 0 bridgehead atoms. The summed E-state index contributed by atoms with van der Waals surface area (Å²) in [6.45, 7) is 2.32. The lowest BCUT2D eigenvalue weighted by Gasteiger charge is -2.28. The number of benzene rings is 1. The number of hydrogen-bond acceptors (Lipinski definition) is 2. The molecule has 2 nitrogen and oxygen atoms in total. The van der Waals surface area contributed by atoms with Crippen molar-refractivity contribution in [2.75, 3.05) is 0 Å². The number of ether oxygens (including phenoxy) is 1. The molecule has 0 saturated heterocycles. The van der Waals surface area contributed by atoms with Gasteiger partial charge in [0.05, 0.1) is 18.8 Å². The highest BCUT2D eigenvalue weighted by atomic mass is 19.1. The largest absolute Gasteiger partial charge is 0.372 e. The van der Waals surface area contributed by atoms with E-state index in [4.69, 9.17) is 10.5 Å². The summed E-state index contributed by atoms with van der Waals surface area (Å²) in [4.78, 5) is 0. The smallest absolute Gasteiger partial charge is 0.128 e. The SMILES string of the molecule is C[C@H]1OCc2cccc(F)c2[C@@H]1N. The minimum absolute atomic E-state index is 0.107. The lowest BCUT2D eigenvalue weighted by molar-refractivity contribution is 0.0199. The van der Waals surface area contributed by atoms with Crippen molar-refractivity contribution in [3.8, 4) is 0 Å². The van der Waals surface area contributed by atoms with Crippen LogP contribution < -0.4 is 5.73 Å². The van der Waals surface area contributed by atoms with Crippen molar-refractivity contribution in [3.63, 3.8) is 0 Å². The molecule has 2 N–H and O–H groups in total. The molecule has 0 saturated carbocycles. The molecule has 13 heavy (non-hydrogen) atoms. The second kappa shape index (κ2) is 3.09. The van der Waals surface area contributed by atoms with Crippen LogP contribution in [0.3, 0.4) is 0 Å². The first-order chi connectivity index (χ1) is 6.20. The average Bonchev–Trinajstić information content (AvgIpc) is 2.12. The maximum atomic E-state index is 13.4. The summed E-state index contributed by atoms with van der Waals surface area (Å²) in [5.74, 6) is -0.222. The summed E-state index contributed by atoms with van der Waals surface area (Å²) >= 11 is 0. The second-order valence-corrected chi connectivity index (χ2v) is 3.35. The molecule has 70 valence electrons. The Balaban J connectivity index is 2.51. The lowest BCUT2D eigenvalue weighted by Crippen LogP contribution is -2.32. The van der Waals surface area contributed by atoms with Crippen LogP contribution in [0.2, 0.25) is 0 Å². The van der Waals surface area contributed by atoms with Gasteiger partial charge in [-0.05, 0) is 18.6 Å². The molecule has 0 fully saturated rings. The summed E-state index contributed by atoms with van der Waals surface area (Å²) < 4.78 is 18.7. The van der Waals surface area contributed by atoms with E-state index < -0.39 is 0 Å². The number of rotatable bonds is 0. The molecular weight excluding hydrogens is 169 g/mol. The summed E-state index contributed by atoms with van der Waals surface area (Å²) in [6, 6.07) is 4.63. The molecule has 2 rings (SSSR count). The minimum atomic E-state index is -0.343. The average molecular weight is 181 g/mol. The molecule has 1 aliphatic heterocycles. The van der Waals surface area contributed by atoms with E-state index in [-0.39, 0.29) is 18.0 Å². The van der Waals surface area contributed by atoms with Crippen molar-refractivity contribution >= 4 is 0 Å². The van der Waals surface area contributed by atoms with E-state index in [1.165, 1.54) is 6.07 Å². The van der Waals surface area contributed by atoms with Crippen LogP contribution in [-0.4, -0.2) is 6.10 Å². The van der Waals surface area contributed by atoms with Crippen LogP contribution in [0.4, 0.5) is 4.39 Å². The topological polar surface area (TPSA) is 35.2 Å². The van der Waals surface area contributed by atoms with Gasteiger partial charge in [0.25, 0.3) is 0 Å². The molecule has 0 aromatic heterocycles. The fourth-order valence-electron chi connectivity index (χ4n) is 1.64. The first-order valence-electron chi connectivity index (χ1n) is 4.34. The van der Waals surface area contributed by atoms with Crippen LogP contribution in [0.25, 0.3) is 0 Å². The molecule has 1 aliphatic rings. The Kier molecular flexibility index (Phi) is 2.06. The standard InChI is InChI=1S/C10H12FNO/c1-6-10(12)9-7(5-13-6)3-2-4-8(9)11/h2-4,6,10H,5,12H2,1H3/t6-,10-/m1/s1. The van der Waals surface area contributed by atoms with Crippen molar-refractivity contribution in [2.45, 2.75) is 25.7 Å². The van der Waals surface area contributed by atoms with Gasteiger partial charge in [0.1, 0.15) is 5.82 Å². The minimum Gasteiger partial charge on any atom is -0.372 e. The zero-order chi connectivity index (χ0) is 9.42. The number of halogens is 1. The number of hydrogen-bond donors (Lipinski definition) is 1. The van der Waals surface area contributed by atoms with Crippen LogP contribution in [0.15, 0.2) is 18.2 Å². The van der Waals surface area contributed by atoms with Crippen LogP contribution in [-0.2, 0) is 11.3 Å². The van der Waals surface area contributed by atoms with E-state index in [0.29, 0.717) is 12.2 Å². The molecule has 3 heteroatoms. The molecule has 1 heterocycles. The zero-order valence-corrected chi connectivity index (χ0v) is 7.46. The van der Waals surface area contributed by atoms with E-state index in [0.717, 1.165) is 5.56 Å². The van der Waals surface area contributed by atoms with E-state index in [1.807, 2.05) is 13.0 Å². The molecule has 0 aliphatic carbocycles. The summed E-state index contributed by atoms with van der Waals surface area (Å²) in [6.07, 6.45) is -0.107. The summed E-state index contributed by atoms with van der Waals surface area (Å²) in [5.41, 5.74) is 7.30. The van der Waals surface area contributed by atoms with Crippen molar-refractivity contribution in [3.05, 3.63) is 35.1 Å². The van der Waals surface area contributed by atoms with Gasteiger partial charge in [-0.2, -0.15) is 0 Å². The molecule has 1 aromatic rings. The predicted molar refractivity (Wildman–Crippen MR) is 47.6 cm³/mol. The predicted octanol–water partition coefficient (Wildman–Crippen LogP) is 1.74. The van der Waals surface area contributed by atoms with Gasteiger partial charge in [0.2, 0.25) is 0 Å². The van der Waals surface area contributed by atoms with Gasteiger partial charge < -0.3 is 10.5 Å². The Morgan fingerprint density at radius 3 is 3.08 bits per heavy atom. The first kappa shape index (κ1) is 8.66. The number of nitrogens with two attached hydrogens (primary N) is 1. The number of fused-ring (bicyclic) bond motifs is 1. The highest BCUT2D eigenvalue weighted by Gasteiger charge is 2.26. The fourth-order valence-corrected chi connectivity index (χ4v) is 1.64. The van der Waals surface area contributed by atoms with Crippen molar-refractivity contribution in [1.82, 2.24) is 0 Å². The third kappa shape index (κ3) is 1.34. The maximum absolute atomic E-state index is 13.4. The normalized spacial score (nSPS) is 27.0. The van der Waals surface area contributed by atoms with Crippen molar-refractivity contribution in [2.24, 2.45) is 5.73 Å². The Morgan fingerprint density at radius 1 is 1.54 bits per heavy atom. The maximum Gasteiger partial charge on any atom is 0.128 e. The van der Waals surface area contributed by atoms with E-state index >= 15 is 0 Å². The van der Waals surface area contributed by atoms with Crippen LogP contribution in [0.5, 0.6) is 0 Å². The fraction of sp³-hybridized carbons (Fsp3) is 0.400. The van der Waals surface area contributed by atoms with Crippen LogP contribution in [0, 0.1) is 5.82 Å². The van der Waals surface area contributed by atoms with Gasteiger partial charge in [0.15, 0.2) is 0 Å². The third-order valence-corrected chi connectivity index (χ3v) is 2.48. The van der Waals surface area contributed by atoms with Crippen molar-refractivity contribution < 1.29 is 9.13 Å².